The molecule has 0 aliphatic heterocycles. The maximum atomic E-state index is 13.4. The van der Waals surface area contributed by atoms with Crippen molar-refractivity contribution in [1.29, 1.82) is 0 Å². The summed E-state index contributed by atoms with van der Waals surface area (Å²) in [6.45, 7) is 0. The third-order valence-corrected chi connectivity index (χ3v) is 2.12. The second kappa shape index (κ2) is 4.40. The maximum absolute atomic E-state index is 13.4. The molecule has 4 nitrogen and oxygen atoms in total. The Morgan fingerprint density at radius 2 is 2.19 bits per heavy atom. The highest BCUT2D eigenvalue weighted by molar-refractivity contribution is 6.29. The molecule has 2 aromatic rings. The van der Waals surface area contributed by atoms with E-state index in [0.717, 1.165) is 0 Å². The quantitative estimate of drug-likeness (QED) is 0.807. The van der Waals surface area contributed by atoms with Crippen LogP contribution < -0.4 is 4.74 Å². The standard InChI is InChI=1S/C10H7ClFN3O/c1-16-8-3-2-6(4-7(8)12)10-14-9(11)5-13-15-10/h2-5H,1H3. The van der Waals surface area contributed by atoms with E-state index in [1.54, 1.807) is 6.07 Å². The highest BCUT2D eigenvalue weighted by atomic mass is 35.5. The lowest BCUT2D eigenvalue weighted by Crippen LogP contribution is -1.94. The van der Waals surface area contributed by atoms with E-state index in [1.165, 1.54) is 25.4 Å². The van der Waals surface area contributed by atoms with Crippen LogP contribution in [0.25, 0.3) is 11.4 Å². The number of hydrogen-bond donors (Lipinski definition) is 0. The van der Waals surface area contributed by atoms with Crippen molar-refractivity contribution in [2.45, 2.75) is 0 Å². The summed E-state index contributed by atoms with van der Waals surface area (Å²) in [6.07, 6.45) is 1.31. The van der Waals surface area contributed by atoms with Crippen molar-refractivity contribution in [3.05, 3.63) is 35.4 Å². The number of hydrogen-bond acceptors (Lipinski definition) is 4. The Kier molecular flexibility index (Phi) is 2.96. The van der Waals surface area contributed by atoms with Crippen LogP contribution in [0.3, 0.4) is 0 Å². The topological polar surface area (TPSA) is 47.9 Å². The molecule has 1 aromatic heterocycles. The van der Waals surface area contributed by atoms with Gasteiger partial charge in [0.2, 0.25) is 0 Å². The van der Waals surface area contributed by atoms with Crippen LogP contribution in [0.4, 0.5) is 4.39 Å². The van der Waals surface area contributed by atoms with Gasteiger partial charge >= 0.3 is 0 Å². The molecule has 0 unspecified atom stereocenters. The SMILES string of the molecule is COc1ccc(-c2nncc(Cl)n2)cc1F. The second-order valence-electron chi connectivity index (χ2n) is 2.95. The summed E-state index contributed by atoms with van der Waals surface area (Å²) in [5.74, 6) is -0.0450. The average molecular weight is 240 g/mol. The molecule has 0 spiro atoms. The lowest BCUT2D eigenvalue weighted by molar-refractivity contribution is 0.386. The first-order valence-electron chi connectivity index (χ1n) is 4.40. The van der Waals surface area contributed by atoms with Gasteiger partial charge in [0.15, 0.2) is 22.5 Å². The first-order chi connectivity index (χ1) is 7.70. The summed E-state index contributed by atoms with van der Waals surface area (Å²) in [4.78, 5) is 3.92. The predicted molar refractivity (Wildman–Crippen MR) is 56.8 cm³/mol. The monoisotopic (exact) mass is 239 g/mol. The van der Waals surface area contributed by atoms with Crippen molar-refractivity contribution in [2.24, 2.45) is 0 Å². The fourth-order valence-corrected chi connectivity index (χ4v) is 1.34. The van der Waals surface area contributed by atoms with Gasteiger partial charge in [-0.25, -0.2) is 9.37 Å². The van der Waals surface area contributed by atoms with Crippen LogP contribution >= 0.6 is 11.6 Å². The highest BCUT2D eigenvalue weighted by Gasteiger charge is 2.07. The Bertz CT molecular complexity index is 521. The lowest BCUT2D eigenvalue weighted by atomic mass is 10.2. The lowest BCUT2D eigenvalue weighted by Gasteiger charge is -2.03. The van der Waals surface area contributed by atoms with E-state index in [-0.39, 0.29) is 16.7 Å². The Balaban J connectivity index is 2.45. The summed E-state index contributed by atoms with van der Waals surface area (Å²) < 4.78 is 18.2. The molecule has 16 heavy (non-hydrogen) atoms. The minimum atomic E-state index is -0.483. The van der Waals surface area contributed by atoms with Gasteiger partial charge in [-0.05, 0) is 18.2 Å². The Morgan fingerprint density at radius 3 is 2.81 bits per heavy atom. The fraction of sp³-hybridized carbons (Fsp3) is 0.100. The van der Waals surface area contributed by atoms with Gasteiger partial charge in [-0.1, -0.05) is 11.6 Å². The molecule has 0 aliphatic carbocycles. The molecule has 0 atom stereocenters. The van der Waals surface area contributed by atoms with Gasteiger partial charge in [0.1, 0.15) is 0 Å². The minimum Gasteiger partial charge on any atom is -0.494 e. The first kappa shape index (κ1) is 10.8. The van der Waals surface area contributed by atoms with E-state index in [1.807, 2.05) is 0 Å². The molecule has 0 saturated carbocycles. The van der Waals surface area contributed by atoms with Crippen molar-refractivity contribution in [3.8, 4) is 17.1 Å². The van der Waals surface area contributed by atoms with E-state index in [9.17, 15) is 4.39 Å². The van der Waals surface area contributed by atoms with Gasteiger partial charge in [0, 0.05) is 5.56 Å². The molecule has 0 N–H and O–H groups in total. The molecule has 0 amide bonds. The molecule has 82 valence electrons. The van der Waals surface area contributed by atoms with Crippen LogP contribution in [-0.2, 0) is 0 Å². The van der Waals surface area contributed by atoms with Crippen LogP contribution in [0.15, 0.2) is 24.4 Å². The van der Waals surface area contributed by atoms with Crippen molar-refractivity contribution in [2.75, 3.05) is 7.11 Å². The number of nitrogens with zero attached hydrogens (tertiary/aromatic N) is 3. The molecule has 0 aliphatic rings. The summed E-state index contributed by atoms with van der Waals surface area (Å²) >= 11 is 5.66. The maximum Gasteiger partial charge on any atom is 0.183 e. The number of aromatic nitrogens is 3. The zero-order valence-electron chi connectivity index (χ0n) is 8.32. The molecule has 1 heterocycles. The molecular weight excluding hydrogens is 233 g/mol. The Hall–Kier alpha value is -1.75. The molecular formula is C10H7ClFN3O. The third kappa shape index (κ3) is 2.09. The van der Waals surface area contributed by atoms with E-state index in [0.29, 0.717) is 5.56 Å². The van der Waals surface area contributed by atoms with Gasteiger partial charge < -0.3 is 4.74 Å². The smallest absolute Gasteiger partial charge is 0.183 e. The van der Waals surface area contributed by atoms with E-state index in [2.05, 4.69) is 15.2 Å². The molecule has 0 bridgehead atoms. The van der Waals surface area contributed by atoms with Gasteiger partial charge in [-0.2, -0.15) is 5.10 Å². The van der Waals surface area contributed by atoms with Crippen LogP contribution in [0, 0.1) is 5.82 Å². The summed E-state index contributed by atoms with van der Waals surface area (Å²) in [6, 6.07) is 4.40. The number of halogens is 2. The zero-order valence-corrected chi connectivity index (χ0v) is 9.07. The first-order valence-corrected chi connectivity index (χ1v) is 4.77. The molecule has 0 saturated heterocycles. The zero-order chi connectivity index (χ0) is 11.5. The van der Waals surface area contributed by atoms with Crippen LogP contribution in [-0.4, -0.2) is 22.3 Å². The fourth-order valence-electron chi connectivity index (χ4n) is 1.21. The third-order valence-electron chi connectivity index (χ3n) is 1.94. The average Bonchev–Trinajstić information content (AvgIpc) is 2.29. The molecule has 2 rings (SSSR count). The normalized spacial score (nSPS) is 10.2. The summed E-state index contributed by atoms with van der Waals surface area (Å²) in [5, 5.41) is 7.60. The van der Waals surface area contributed by atoms with Crippen molar-refractivity contribution < 1.29 is 9.13 Å². The van der Waals surface area contributed by atoms with E-state index in [4.69, 9.17) is 16.3 Å². The van der Waals surface area contributed by atoms with Crippen molar-refractivity contribution in [1.82, 2.24) is 15.2 Å². The van der Waals surface area contributed by atoms with Crippen molar-refractivity contribution in [3.63, 3.8) is 0 Å². The van der Waals surface area contributed by atoms with Gasteiger partial charge in [0.05, 0.1) is 13.3 Å². The van der Waals surface area contributed by atoms with Crippen LogP contribution in [0.5, 0.6) is 5.75 Å². The molecule has 0 fully saturated rings. The molecule has 0 radical (unpaired) electrons. The minimum absolute atomic E-state index is 0.165. The van der Waals surface area contributed by atoms with Crippen LogP contribution in [0.2, 0.25) is 5.15 Å². The van der Waals surface area contributed by atoms with Gasteiger partial charge in [0.25, 0.3) is 0 Å². The molecule has 1 aromatic carbocycles. The predicted octanol–water partition coefficient (Wildman–Crippen LogP) is 2.34. The Labute approximate surface area is 96.1 Å². The van der Waals surface area contributed by atoms with Crippen LogP contribution in [0.1, 0.15) is 0 Å². The number of rotatable bonds is 2. The number of ether oxygens (including phenoxy) is 1. The number of benzene rings is 1. The summed E-state index contributed by atoms with van der Waals surface area (Å²) in [5.41, 5.74) is 0.494. The Morgan fingerprint density at radius 1 is 1.38 bits per heavy atom. The number of methoxy groups -OCH3 is 1. The highest BCUT2D eigenvalue weighted by Crippen LogP contribution is 2.23. The van der Waals surface area contributed by atoms with Crippen molar-refractivity contribution >= 4 is 11.6 Å². The largest absolute Gasteiger partial charge is 0.494 e. The summed E-state index contributed by atoms with van der Waals surface area (Å²) in [7, 11) is 1.40. The van der Waals surface area contributed by atoms with Gasteiger partial charge in [-0.15, -0.1) is 5.10 Å². The molecule has 6 heteroatoms. The van der Waals surface area contributed by atoms with E-state index >= 15 is 0 Å². The van der Waals surface area contributed by atoms with E-state index < -0.39 is 5.82 Å². The van der Waals surface area contributed by atoms with Gasteiger partial charge in [-0.3, -0.25) is 0 Å². The second-order valence-corrected chi connectivity index (χ2v) is 3.34.